The third kappa shape index (κ3) is 2.72. The average Bonchev–Trinajstić information content (AvgIpc) is 2.60. The van der Waals surface area contributed by atoms with Crippen molar-refractivity contribution in [2.75, 3.05) is 13.7 Å². The summed E-state index contributed by atoms with van der Waals surface area (Å²) >= 11 is 0. The van der Waals surface area contributed by atoms with Crippen molar-refractivity contribution in [3.63, 3.8) is 0 Å². The molecule has 1 rings (SSSR count). The Morgan fingerprint density at radius 1 is 1.43 bits per heavy atom. The van der Waals surface area contributed by atoms with Gasteiger partial charge >= 0.3 is 5.97 Å². The maximum atomic E-state index is 11.6. The first-order chi connectivity index (χ1) is 6.65. The van der Waals surface area contributed by atoms with Gasteiger partial charge in [-0.2, -0.15) is 0 Å². The fraction of sp³-hybridized carbons (Fsp3) is 0.800. The normalized spacial score (nSPS) is 25.9. The Hall–Kier alpha value is -1.06. The van der Waals surface area contributed by atoms with Crippen LogP contribution in [0.1, 0.15) is 26.2 Å². The second kappa shape index (κ2) is 4.98. The predicted octanol–water partition coefficient (Wildman–Crippen LogP) is 0.712. The average molecular weight is 199 g/mol. The molecule has 1 fully saturated rings. The molecule has 1 N–H and O–H groups in total. The first kappa shape index (κ1) is 11.0. The molecule has 1 aliphatic rings. The molecule has 0 aromatic heterocycles. The van der Waals surface area contributed by atoms with Crippen LogP contribution in [-0.4, -0.2) is 25.5 Å². The summed E-state index contributed by atoms with van der Waals surface area (Å²) in [6.07, 6.45) is 3.15. The van der Waals surface area contributed by atoms with Crippen LogP contribution >= 0.6 is 0 Å². The van der Waals surface area contributed by atoms with E-state index in [1.165, 1.54) is 7.11 Å². The largest absolute Gasteiger partial charge is 0.468 e. The lowest BCUT2D eigenvalue weighted by atomic mass is 9.97. The molecule has 4 heteroatoms. The Balaban J connectivity index is 2.31. The van der Waals surface area contributed by atoms with E-state index < -0.39 is 5.97 Å². The van der Waals surface area contributed by atoms with E-state index in [0.717, 1.165) is 19.3 Å². The highest BCUT2D eigenvalue weighted by Crippen LogP contribution is 2.30. The first-order valence-corrected chi connectivity index (χ1v) is 4.99. The van der Waals surface area contributed by atoms with Crippen molar-refractivity contribution in [1.82, 2.24) is 5.32 Å². The van der Waals surface area contributed by atoms with E-state index >= 15 is 0 Å². The van der Waals surface area contributed by atoms with Gasteiger partial charge in [0.15, 0.2) is 0 Å². The maximum absolute atomic E-state index is 11.6. The summed E-state index contributed by atoms with van der Waals surface area (Å²) in [6, 6.07) is 0. The van der Waals surface area contributed by atoms with E-state index in [1.54, 1.807) is 0 Å². The molecule has 1 aliphatic carbocycles. The molecule has 80 valence electrons. The van der Waals surface area contributed by atoms with Gasteiger partial charge in [0, 0.05) is 5.92 Å². The van der Waals surface area contributed by atoms with Crippen LogP contribution in [0.25, 0.3) is 0 Å². The van der Waals surface area contributed by atoms with Gasteiger partial charge in [-0.3, -0.25) is 9.59 Å². The maximum Gasteiger partial charge on any atom is 0.325 e. The fourth-order valence-corrected chi connectivity index (χ4v) is 1.90. The van der Waals surface area contributed by atoms with Crippen molar-refractivity contribution in [1.29, 1.82) is 0 Å². The molecule has 0 radical (unpaired) electrons. The van der Waals surface area contributed by atoms with Gasteiger partial charge < -0.3 is 10.1 Å². The van der Waals surface area contributed by atoms with Crippen LogP contribution in [0, 0.1) is 11.8 Å². The van der Waals surface area contributed by atoms with Gasteiger partial charge in [-0.15, -0.1) is 0 Å². The first-order valence-electron chi connectivity index (χ1n) is 4.99. The zero-order valence-corrected chi connectivity index (χ0v) is 8.71. The lowest BCUT2D eigenvalue weighted by molar-refractivity contribution is -0.141. The number of hydrogen-bond acceptors (Lipinski definition) is 3. The number of hydrogen-bond donors (Lipinski definition) is 1. The van der Waals surface area contributed by atoms with E-state index in [-0.39, 0.29) is 18.4 Å². The Morgan fingerprint density at radius 2 is 2.14 bits per heavy atom. The molecule has 14 heavy (non-hydrogen) atoms. The minimum Gasteiger partial charge on any atom is -0.468 e. The van der Waals surface area contributed by atoms with Crippen LogP contribution in [0.15, 0.2) is 0 Å². The molecule has 0 aliphatic heterocycles. The van der Waals surface area contributed by atoms with Crippen LogP contribution in [0.2, 0.25) is 0 Å². The summed E-state index contributed by atoms with van der Waals surface area (Å²) in [5.74, 6) is 0.108. The fourth-order valence-electron chi connectivity index (χ4n) is 1.90. The minimum atomic E-state index is -0.399. The third-order valence-electron chi connectivity index (χ3n) is 2.83. The van der Waals surface area contributed by atoms with Crippen molar-refractivity contribution in [3.8, 4) is 0 Å². The van der Waals surface area contributed by atoms with Crippen molar-refractivity contribution >= 4 is 11.9 Å². The van der Waals surface area contributed by atoms with Gasteiger partial charge in [-0.1, -0.05) is 13.3 Å². The van der Waals surface area contributed by atoms with E-state index in [1.807, 2.05) is 0 Å². The Kier molecular flexibility index (Phi) is 3.92. The number of rotatable bonds is 3. The molecule has 0 spiro atoms. The number of ether oxygens (including phenoxy) is 1. The lowest BCUT2D eigenvalue weighted by Gasteiger charge is -2.14. The summed E-state index contributed by atoms with van der Waals surface area (Å²) in [7, 11) is 1.31. The third-order valence-corrected chi connectivity index (χ3v) is 2.83. The number of carbonyl (C=O) groups is 2. The van der Waals surface area contributed by atoms with Gasteiger partial charge in [0.1, 0.15) is 6.54 Å². The molecule has 2 unspecified atom stereocenters. The lowest BCUT2D eigenvalue weighted by Crippen LogP contribution is -2.35. The summed E-state index contributed by atoms with van der Waals surface area (Å²) in [5, 5.41) is 2.59. The van der Waals surface area contributed by atoms with Gasteiger partial charge in [0.25, 0.3) is 0 Å². The molecule has 4 nitrogen and oxygen atoms in total. The quantitative estimate of drug-likeness (QED) is 0.681. The number of amides is 1. The molecule has 0 bridgehead atoms. The van der Waals surface area contributed by atoms with Crippen LogP contribution < -0.4 is 5.32 Å². The Bertz CT molecular complexity index is 227. The summed E-state index contributed by atoms with van der Waals surface area (Å²) in [4.78, 5) is 22.3. The van der Waals surface area contributed by atoms with Crippen molar-refractivity contribution < 1.29 is 14.3 Å². The second-order valence-corrected chi connectivity index (χ2v) is 3.81. The van der Waals surface area contributed by atoms with E-state index in [9.17, 15) is 9.59 Å². The number of nitrogens with one attached hydrogen (secondary N) is 1. The zero-order valence-electron chi connectivity index (χ0n) is 8.71. The SMILES string of the molecule is COC(=O)CNC(=O)C1CCCC1C. The van der Waals surface area contributed by atoms with Gasteiger partial charge in [0.05, 0.1) is 7.11 Å². The molecule has 0 heterocycles. The molecule has 2 atom stereocenters. The summed E-state index contributed by atoms with van der Waals surface area (Å²) in [5.41, 5.74) is 0. The number of carbonyl (C=O) groups excluding carboxylic acids is 2. The molecule has 1 saturated carbocycles. The van der Waals surface area contributed by atoms with Crippen molar-refractivity contribution in [2.45, 2.75) is 26.2 Å². The van der Waals surface area contributed by atoms with E-state index in [4.69, 9.17) is 0 Å². The van der Waals surface area contributed by atoms with Crippen LogP contribution in [-0.2, 0) is 14.3 Å². The van der Waals surface area contributed by atoms with Gasteiger partial charge in [-0.25, -0.2) is 0 Å². The number of esters is 1. The minimum absolute atomic E-state index is 0.0135. The highest BCUT2D eigenvalue weighted by atomic mass is 16.5. The van der Waals surface area contributed by atoms with E-state index in [0.29, 0.717) is 5.92 Å². The van der Waals surface area contributed by atoms with Crippen molar-refractivity contribution in [2.24, 2.45) is 11.8 Å². The second-order valence-electron chi connectivity index (χ2n) is 3.81. The van der Waals surface area contributed by atoms with Crippen LogP contribution in [0.3, 0.4) is 0 Å². The Morgan fingerprint density at radius 3 is 2.64 bits per heavy atom. The highest BCUT2D eigenvalue weighted by Gasteiger charge is 2.29. The molecule has 0 aromatic rings. The monoisotopic (exact) mass is 199 g/mol. The Labute approximate surface area is 84.0 Å². The standard InChI is InChI=1S/C10H17NO3/c1-7-4-3-5-8(7)10(13)11-6-9(12)14-2/h7-8H,3-6H2,1-2H3,(H,11,13). The van der Waals surface area contributed by atoms with Gasteiger partial charge in [0.2, 0.25) is 5.91 Å². The zero-order chi connectivity index (χ0) is 10.6. The van der Waals surface area contributed by atoms with E-state index in [2.05, 4.69) is 17.0 Å². The predicted molar refractivity (Wildman–Crippen MR) is 51.5 cm³/mol. The molecular weight excluding hydrogens is 182 g/mol. The molecule has 0 aromatic carbocycles. The van der Waals surface area contributed by atoms with Crippen molar-refractivity contribution in [3.05, 3.63) is 0 Å². The van der Waals surface area contributed by atoms with Gasteiger partial charge in [-0.05, 0) is 18.8 Å². The van der Waals surface area contributed by atoms with Crippen LogP contribution in [0.4, 0.5) is 0 Å². The molecule has 0 saturated heterocycles. The summed E-state index contributed by atoms with van der Waals surface area (Å²) < 4.78 is 4.44. The summed E-state index contributed by atoms with van der Waals surface area (Å²) in [6.45, 7) is 2.06. The molecular formula is C10H17NO3. The topological polar surface area (TPSA) is 55.4 Å². The molecule has 1 amide bonds. The number of methoxy groups -OCH3 is 1. The smallest absolute Gasteiger partial charge is 0.325 e. The highest BCUT2D eigenvalue weighted by molar-refractivity contribution is 5.83. The van der Waals surface area contributed by atoms with Crippen LogP contribution in [0.5, 0.6) is 0 Å².